The highest BCUT2D eigenvalue weighted by atomic mass is 32.2. The lowest BCUT2D eigenvalue weighted by atomic mass is 9.94. The van der Waals surface area contributed by atoms with Crippen molar-refractivity contribution >= 4 is 17.2 Å². The van der Waals surface area contributed by atoms with E-state index in [0.29, 0.717) is 23.4 Å². The molecule has 3 heterocycles. The number of aromatic nitrogens is 3. The molecule has 9 nitrogen and oxygen atoms in total. The van der Waals surface area contributed by atoms with Crippen molar-refractivity contribution in [3.63, 3.8) is 0 Å². The molecule has 1 aliphatic rings. The molecule has 1 fully saturated rings. The van der Waals surface area contributed by atoms with Crippen LogP contribution in [0.15, 0.2) is 60.9 Å². The first-order valence-electron chi connectivity index (χ1n) is 13.5. The smallest absolute Gasteiger partial charge is 0.228 e. The van der Waals surface area contributed by atoms with E-state index < -0.39 is 40.4 Å². The molecule has 4 aromatic rings. The first-order chi connectivity index (χ1) is 20.5. The Hall–Kier alpha value is -3.91. The van der Waals surface area contributed by atoms with Gasteiger partial charge in [-0.1, -0.05) is 29.8 Å². The van der Waals surface area contributed by atoms with Crippen molar-refractivity contribution in [3.05, 3.63) is 94.8 Å². The number of rotatable bonds is 9. The molecule has 13 heteroatoms. The summed E-state index contributed by atoms with van der Waals surface area (Å²) in [6.45, 7) is 5.73. The summed E-state index contributed by atoms with van der Waals surface area (Å²) < 4.78 is 77.0. The zero-order valence-corrected chi connectivity index (χ0v) is 24.5. The molecule has 1 aliphatic heterocycles. The predicted octanol–water partition coefficient (Wildman–Crippen LogP) is 5.20. The summed E-state index contributed by atoms with van der Waals surface area (Å²) in [5, 5.41) is 6.19. The molecule has 3 N–H and O–H groups in total. The molecule has 2 aromatic heterocycles. The average Bonchev–Trinajstić information content (AvgIpc) is 2.95. The number of benzene rings is 2. The van der Waals surface area contributed by atoms with Gasteiger partial charge in [0.15, 0.2) is 11.6 Å². The fraction of sp³-hybridized carbons (Fsp3) is 0.300. The molecule has 2 aromatic carbocycles. The van der Waals surface area contributed by atoms with Gasteiger partial charge in [0.2, 0.25) is 17.6 Å². The molecule has 2 unspecified atom stereocenters. The van der Waals surface area contributed by atoms with Crippen molar-refractivity contribution < 1.29 is 26.7 Å². The second kappa shape index (κ2) is 12.8. The van der Waals surface area contributed by atoms with E-state index in [0.717, 1.165) is 5.56 Å². The third-order valence-corrected chi connectivity index (χ3v) is 7.56. The van der Waals surface area contributed by atoms with E-state index in [9.17, 15) is 13.2 Å². The highest BCUT2D eigenvalue weighted by molar-refractivity contribution is 7.77. The second-order valence-electron chi connectivity index (χ2n) is 10.7. The maximum atomic E-state index is 15.7. The molecule has 43 heavy (non-hydrogen) atoms. The van der Waals surface area contributed by atoms with Gasteiger partial charge in [0.05, 0.1) is 17.3 Å². The monoisotopic (exact) mass is 611 g/mol. The SMILES string of the molecule is Cc1ccc(C(NS(=O)[O-])c2c(C)cc(Oc3ncccc3-c3ccnc(N[C@@H]4CNC[C@@](C)(F)C4)n3)c(F)c2F)cc1. The highest BCUT2D eigenvalue weighted by Gasteiger charge is 2.32. The van der Waals surface area contributed by atoms with E-state index in [-0.39, 0.29) is 42.0 Å². The number of aryl methyl sites for hydroxylation is 2. The normalized spacial score (nSPS) is 19.9. The minimum atomic E-state index is -2.76. The van der Waals surface area contributed by atoms with Crippen LogP contribution >= 0.6 is 0 Å². The molecular formula is C30H30F3N6O3S-. The highest BCUT2D eigenvalue weighted by Crippen LogP contribution is 2.37. The molecule has 0 spiro atoms. The summed E-state index contributed by atoms with van der Waals surface area (Å²) >= 11 is -2.76. The van der Waals surface area contributed by atoms with Crippen LogP contribution in [0.1, 0.15) is 41.6 Å². The Kier molecular flexibility index (Phi) is 9.06. The van der Waals surface area contributed by atoms with Gasteiger partial charge in [-0.05, 0) is 56.2 Å². The number of halogens is 3. The van der Waals surface area contributed by atoms with Crippen molar-refractivity contribution in [1.29, 1.82) is 0 Å². The zero-order chi connectivity index (χ0) is 30.7. The number of nitrogens with zero attached hydrogens (tertiary/aromatic N) is 3. The first-order valence-corrected chi connectivity index (χ1v) is 14.6. The lowest BCUT2D eigenvalue weighted by Gasteiger charge is -2.33. The Bertz CT molecular complexity index is 1640. The summed E-state index contributed by atoms with van der Waals surface area (Å²) in [5.74, 6) is -2.78. The number of hydrogen-bond acceptors (Lipinski definition) is 8. The van der Waals surface area contributed by atoms with Crippen LogP contribution in [0.25, 0.3) is 11.3 Å². The Morgan fingerprint density at radius 3 is 2.60 bits per heavy atom. The van der Waals surface area contributed by atoms with Gasteiger partial charge in [-0.2, -0.15) is 4.39 Å². The van der Waals surface area contributed by atoms with Crippen LogP contribution < -0.4 is 20.1 Å². The number of nitrogens with one attached hydrogen (secondary N) is 3. The van der Waals surface area contributed by atoms with Gasteiger partial charge in [0.1, 0.15) is 5.67 Å². The number of piperidine rings is 1. The van der Waals surface area contributed by atoms with Crippen molar-refractivity contribution in [1.82, 2.24) is 25.0 Å². The van der Waals surface area contributed by atoms with Gasteiger partial charge in [-0.3, -0.25) is 4.21 Å². The average molecular weight is 612 g/mol. The van der Waals surface area contributed by atoms with Crippen LogP contribution in [0.2, 0.25) is 0 Å². The molecule has 4 atom stereocenters. The van der Waals surface area contributed by atoms with Crippen molar-refractivity contribution in [3.8, 4) is 22.9 Å². The Labute approximate surface area is 249 Å². The van der Waals surface area contributed by atoms with Crippen LogP contribution in [0.4, 0.5) is 19.1 Å². The fourth-order valence-corrected chi connectivity index (χ4v) is 5.56. The second-order valence-corrected chi connectivity index (χ2v) is 11.4. The Morgan fingerprint density at radius 2 is 1.88 bits per heavy atom. The molecule has 1 saturated heterocycles. The minimum Gasteiger partial charge on any atom is -0.760 e. The molecule has 0 aliphatic carbocycles. The molecular weight excluding hydrogens is 581 g/mol. The maximum absolute atomic E-state index is 15.7. The van der Waals surface area contributed by atoms with Crippen molar-refractivity contribution in [2.45, 2.75) is 44.9 Å². The van der Waals surface area contributed by atoms with E-state index in [4.69, 9.17) is 4.74 Å². The molecule has 0 amide bonds. The van der Waals surface area contributed by atoms with Gasteiger partial charge in [0.25, 0.3) is 0 Å². The summed E-state index contributed by atoms with van der Waals surface area (Å²) in [5.41, 5.74) is 0.842. The third-order valence-electron chi connectivity index (χ3n) is 7.13. The topological polar surface area (TPSA) is 124 Å². The van der Waals surface area contributed by atoms with E-state index in [1.54, 1.807) is 42.5 Å². The molecule has 0 radical (unpaired) electrons. The number of hydrogen-bond donors (Lipinski definition) is 3. The van der Waals surface area contributed by atoms with Crippen LogP contribution in [-0.4, -0.2) is 48.5 Å². The standard InChI is InChI=1S/C30H31F3N6O3S/c1-17-6-8-19(9-7-17)27(39-43(40)41)24-18(2)13-23(25(31)26(24)32)42-28-21(5-4-11-35-28)22-10-12-36-29(38-22)37-20-14-30(3,33)16-34-15-20/h4-13,20,27,34,39H,14-16H2,1-3H3,(H,40,41)(H,36,37,38)/p-1/t20-,27?,30-/m0/s1. The quantitative estimate of drug-likeness (QED) is 0.221. The predicted molar refractivity (Wildman–Crippen MR) is 156 cm³/mol. The molecule has 0 saturated carbocycles. The van der Waals surface area contributed by atoms with Crippen LogP contribution in [-0.2, 0) is 11.3 Å². The molecule has 5 rings (SSSR count). The van der Waals surface area contributed by atoms with E-state index >= 15 is 8.78 Å². The fourth-order valence-electron chi connectivity index (χ4n) is 5.11. The number of ether oxygens (including phenoxy) is 1. The maximum Gasteiger partial charge on any atom is 0.228 e. The van der Waals surface area contributed by atoms with Crippen molar-refractivity contribution in [2.75, 3.05) is 18.4 Å². The molecule has 0 bridgehead atoms. The summed E-state index contributed by atoms with van der Waals surface area (Å²) in [6, 6.07) is 11.6. The molecule has 226 valence electrons. The largest absolute Gasteiger partial charge is 0.760 e. The van der Waals surface area contributed by atoms with E-state index in [2.05, 4.69) is 30.3 Å². The third kappa shape index (κ3) is 7.19. The van der Waals surface area contributed by atoms with Gasteiger partial charge >= 0.3 is 0 Å². The Morgan fingerprint density at radius 1 is 1.12 bits per heavy atom. The summed E-state index contributed by atoms with van der Waals surface area (Å²) in [6.07, 6.45) is 3.23. The number of anilines is 1. The minimum absolute atomic E-state index is 0.0397. The first kappa shape index (κ1) is 30.5. The van der Waals surface area contributed by atoms with E-state index in [1.165, 1.54) is 32.3 Å². The van der Waals surface area contributed by atoms with Crippen molar-refractivity contribution in [2.24, 2.45) is 0 Å². The zero-order valence-electron chi connectivity index (χ0n) is 23.7. The van der Waals surface area contributed by atoms with Gasteiger partial charge in [-0.25, -0.2) is 28.5 Å². The van der Waals surface area contributed by atoms with Gasteiger partial charge in [-0.15, -0.1) is 0 Å². The Balaban J connectivity index is 1.45. The van der Waals surface area contributed by atoms with Crippen LogP contribution in [0.3, 0.4) is 0 Å². The van der Waals surface area contributed by atoms with Gasteiger partial charge < -0.3 is 19.9 Å². The number of pyridine rings is 1. The summed E-state index contributed by atoms with van der Waals surface area (Å²) in [4.78, 5) is 13.0. The van der Waals surface area contributed by atoms with Crippen LogP contribution in [0.5, 0.6) is 11.6 Å². The summed E-state index contributed by atoms with van der Waals surface area (Å²) in [7, 11) is 0. The lowest BCUT2D eigenvalue weighted by molar-refractivity contribution is 0.137. The van der Waals surface area contributed by atoms with Crippen LogP contribution in [0, 0.1) is 25.5 Å². The lowest BCUT2D eigenvalue weighted by Crippen LogP contribution is -2.50. The van der Waals surface area contributed by atoms with Gasteiger partial charge in [0, 0.05) is 54.8 Å². The van der Waals surface area contributed by atoms with E-state index in [1.807, 2.05) is 6.92 Å². The number of alkyl halides is 1.